The molecule has 1 aliphatic carbocycles. The molecular weight excluding hydrogens is 442 g/mol. The molecule has 0 saturated heterocycles. The lowest BCUT2D eigenvalue weighted by molar-refractivity contribution is -0.144. The summed E-state index contributed by atoms with van der Waals surface area (Å²) < 4.78 is 5.43. The van der Waals surface area contributed by atoms with Crippen molar-refractivity contribution < 1.29 is 19.1 Å². The van der Waals surface area contributed by atoms with Crippen molar-refractivity contribution in [3.63, 3.8) is 0 Å². The summed E-state index contributed by atoms with van der Waals surface area (Å²) in [6.07, 6.45) is 2.85. The Labute approximate surface area is 211 Å². The van der Waals surface area contributed by atoms with Gasteiger partial charge in [0, 0.05) is 12.1 Å². The number of carbonyl (C=O) groups is 3. The summed E-state index contributed by atoms with van der Waals surface area (Å²) in [4.78, 5) is 42.1. The summed E-state index contributed by atoms with van der Waals surface area (Å²) in [6, 6.07) is 4.36. The van der Waals surface area contributed by atoms with Gasteiger partial charge in [0.1, 0.15) is 17.7 Å². The van der Waals surface area contributed by atoms with Gasteiger partial charge in [0.15, 0.2) is 0 Å². The number of carbonyl (C=O) groups excluding carboxylic acids is 3. The fraction of sp³-hybridized carbons (Fsp3) is 0.679. The van der Waals surface area contributed by atoms with E-state index in [1.54, 1.807) is 25.7 Å². The van der Waals surface area contributed by atoms with Crippen LogP contribution < -0.4 is 10.6 Å². The number of rotatable bonds is 10. The molecule has 35 heavy (non-hydrogen) atoms. The molecule has 0 heterocycles. The van der Waals surface area contributed by atoms with Gasteiger partial charge in [-0.3, -0.25) is 9.59 Å². The quantitative estimate of drug-likeness (QED) is 0.475. The first kappa shape index (κ1) is 28.7. The summed E-state index contributed by atoms with van der Waals surface area (Å²) in [5.41, 5.74) is 2.20. The summed E-state index contributed by atoms with van der Waals surface area (Å²) in [6.45, 7) is 17.2. The van der Waals surface area contributed by atoms with E-state index in [1.165, 1.54) is 0 Å². The van der Waals surface area contributed by atoms with Gasteiger partial charge in [-0.1, -0.05) is 51.0 Å². The Morgan fingerprint density at radius 1 is 1.09 bits per heavy atom. The third kappa shape index (κ3) is 8.25. The number of hydrogen-bond acceptors (Lipinski definition) is 4. The van der Waals surface area contributed by atoms with Crippen molar-refractivity contribution in [3.8, 4) is 0 Å². The first-order chi connectivity index (χ1) is 16.2. The molecule has 0 aliphatic heterocycles. The van der Waals surface area contributed by atoms with E-state index in [0.29, 0.717) is 0 Å². The highest BCUT2D eigenvalue weighted by Crippen LogP contribution is 2.37. The predicted octanol–water partition coefficient (Wildman–Crippen LogP) is 5.19. The lowest BCUT2D eigenvalue weighted by atomic mass is 9.94. The van der Waals surface area contributed by atoms with E-state index >= 15 is 0 Å². The number of nitrogens with one attached hydrogen (secondary N) is 2. The third-order valence-electron chi connectivity index (χ3n) is 6.16. The zero-order chi connectivity index (χ0) is 26.5. The average Bonchev–Trinajstić information content (AvgIpc) is 3.54. The van der Waals surface area contributed by atoms with Crippen LogP contribution in [0, 0.1) is 19.8 Å². The van der Waals surface area contributed by atoms with E-state index in [4.69, 9.17) is 4.74 Å². The largest absolute Gasteiger partial charge is 0.444 e. The Morgan fingerprint density at radius 3 is 2.20 bits per heavy atom. The third-order valence-corrected chi connectivity index (χ3v) is 6.16. The van der Waals surface area contributed by atoms with Crippen molar-refractivity contribution >= 4 is 17.9 Å². The lowest BCUT2D eigenvalue weighted by Gasteiger charge is -2.36. The number of aryl methyl sites for hydroxylation is 2. The van der Waals surface area contributed by atoms with E-state index in [2.05, 4.69) is 17.6 Å². The van der Waals surface area contributed by atoms with E-state index in [0.717, 1.165) is 42.4 Å². The van der Waals surface area contributed by atoms with Crippen LogP contribution in [-0.2, 0) is 14.3 Å². The summed E-state index contributed by atoms with van der Waals surface area (Å²) in [5.74, 6) is -0.618. The van der Waals surface area contributed by atoms with Gasteiger partial charge in [-0.2, -0.15) is 0 Å². The van der Waals surface area contributed by atoms with Crippen molar-refractivity contribution in [1.29, 1.82) is 0 Å². The van der Waals surface area contributed by atoms with Gasteiger partial charge >= 0.3 is 6.09 Å². The van der Waals surface area contributed by atoms with Crippen molar-refractivity contribution in [2.75, 3.05) is 0 Å². The maximum atomic E-state index is 14.1. The molecule has 1 aromatic carbocycles. The molecule has 196 valence electrons. The molecule has 7 nitrogen and oxygen atoms in total. The van der Waals surface area contributed by atoms with E-state index in [1.807, 2.05) is 52.8 Å². The van der Waals surface area contributed by atoms with E-state index in [-0.39, 0.29) is 29.8 Å². The average molecular weight is 488 g/mol. The van der Waals surface area contributed by atoms with Crippen LogP contribution in [0.1, 0.15) is 96.9 Å². The van der Waals surface area contributed by atoms with Crippen LogP contribution in [0.15, 0.2) is 18.2 Å². The van der Waals surface area contributed by atoms with Crippen LogP contribution >= 0.6 is 0 Å². The minimum absolute atomic E-state index is 0.00214. The summed E-state index contributed by atoms with van der Waals surface area (Å²) >= 11 is 0. The normalized spacial score (nSPS) is 16.3. The maximum Gasteiger partial charge on any atom is 0.408 e. The Kier molecular flexibility index (Phi) is 9.76. The zero-order valence-electron chi connectivity index (χ0n) is 23.0. The Morgan fingerprint density at radius 2 is 1.71 bits per heavy atom. The van der Waals surface area contributed by atoms with Crippen LogP contribution in [0.25, 0.3) is 0 Å². The standard InChI is InChI=1S/C28H45N3O4/c1-10-11-20(6)29-25(32)24(22-15-12-18(4)16-19(22)5)31(21-13-14-21)26(33)23(17(2)3)30-27(34)35-28(7,8)9/h12,15-17,20-21,23-24H,10-11,13-14H2,1-9H3,(H,29,32)(H,30,34). The number of nitrogens with zero attached hydrogens (tertiary/aromatic N) is 1. The highest BCUT2D eigenvalue weighted by atomic mass is 16.6. The molecule has 1 aromatic rings. The molecule has 2 rings (SSSR count). The van der Waals surface area contributed by atoms with Crippen LogP contribution in [0.3, 0.4) is 0 Å². The van der Waals surface area contributed by atoms with Crippen LogP contribution in [0.4, 0.5) is 4.79 Å². The SMILES string of the molecule is CCCC(C)NC(=O)C(c1ccc(C)cc1C)N(C(=O)C(NC(=O)OC(C)(C)C)C(C)C)C1CC1. The van der Waals surface area contributed by atoms with E-state index in [9.17, 15) is 14.4 Å². The van der Waals surface area contributed by atoms with Crippen molar-refractivity contribution in [2.24, 2.45) is 5.92 Å². The summed E-state index contributed by atoms with van der Waals surface area (Å²) in [7, 11) is 0. The molecule has 7 heteroatoms. The van der Waals surface area contributed by atoms with Gasteiger partial charge in [-0.25, -0.2) is 4.79 Å². The number of hydrogen-bond donors (Lipinski definition) is 2. The monoisotopic (exact) mass is 487 g/mol. The van der Waals surface area contributed by atoms with Crippen LogP contribution in [0.2, 0.25) is 0 Å². The van der Waals surface area contributed by atoms with Gasteiger partial charge in [0.2, 0.25) is 11.8 Å². The van der Waals surface area contributed by atoms with Crippen molar-refractivity contribution in [3.05, 3.63) is 34.9 Å². The van der Waals surface area contributed by atoms with Gasteiger partial charge < -0.3 is 20.3 Å². The second-order valence-electron chi connectivity index (χ2n) is 11.3. The minimum atomic E-state index is -0.806. The first-order valence-electron chi connectivity index (χ1n) is 12.9. The van der Waals surface area contributed by atoms with E-state index < -0.39 is 23.8 Å². The van der Waals surface area contributed by atoms with Gasteiger partial charge in [0.25, 0.3) is 0 Å². The molecule has 1 aliphatic rings. The highest BCUT2D eigenvalue weighted by molar-refractivity contribution is 5.93. The molecule has 0 bridgehead atoms. The smallest absolute Gasteiger partial charge is 0.408 e. The first-order valence-corrected chi connectivity index (χ1v) is 12.9. The molecule has 0 aromatic heterocycles. The Hall–Kier alpha value is -2.57. The fourth-order valence-corrected chi connectivity index (χ4v) is 4.36. The van der Waals surface area contributed by atoms with Crippen LogP contribution in [-0.4, -0.2) is 46.5 Å². The predicted molar refractivity (Wildman–Crippen MR) is 139 cm³/mol. The molecule has 2 N–H and O–H groups in total. The molecule has 3 atom stereocenters. The Balaban J connectivity index is 2.47. The number of ether oxygens (including phenoxy) is 1. The molecule has 3 unspecified atom stereocenters. The zero-order valence-corrected chi connectivity index (χ0v) is 23.0. The van der Waals surface area contributed by atoms with Crippen molar-refractivity contribution in [2.45, 2.75) is 118 Å². The minimum Gasteiger partial charge on any atom is -0.444 e. The highest BCUT2D eigenvalue weighted by Gasteiger charge is 2.45. The topological polar surface area (TPSA) is 87.7 Å². The second-order valence-corrected chi connectivity index (χ2v) is 11.3. The van der Waals surface area contributed by atoms with Crippen molar-refractivity contribution in [1.82, 2.24) is 15.5 Å². The molecular formula is C28H45N3O4. The number of benzene rings is 1. The van der Waals surface area contributed by atoms with Crippen LogP contribution in [0.5, 0.6) is 0 Å². The molecule has 1 fully saturated rings. The second kappa shape index (κ2) is 11.9. The van der Waals surface area contributed by atoms with Gasteiger partial charge in [-0.15, -0.1) is 0 Å². The lowest BCUT2D eigenvalue weighted by Crippen LogP contribution is -2.56. The molecule has 3 amide bonds. The number of amides is 3. The maximum absolute atomic E-state index is 14.1. The van der Waals surface area contributed by atoms with Gasteiger partial charge in [0.05, 0.1) is 0 Å². The fourth-order valence-electron chi connectivity index (χ4n) is 4.36. The molecule has 0 radical (unpaired) electrons. The number of alkyl carbamates (subject to hydrolysis) is 1. The van der Waals surface area contributed by atoms with Gasteiger partial charge in [-0.05, 0) is 77.8 Å². The summed E-state index contributed by atoms with van der Waals surface area (Å²) in [5, 5.41) is 5.92. The Bertz CT molecular complexity index is 902. The molecule has 0 spiro atoms. The molecule has 1 saturated carbocycles.